The van der Waals surface area contributed by atoms with Crippen molar-refractivity contribution in [2.75, 3.05) is 19.8 Å². The Morgan fingerprint density at radius 1 is 1.05 bits per heavy atom. The first kappa shape index (κ1) is 15.8. The van der Waals surface area contributed by atoms with Crippen molar-refractivity contribution in [3.63, 3.8) is 0 Å². The molecule has 2 rings (SSSR count). The Morgan fingerprint density at radius 3 is 2.62 bits per heavy atom. The number of benzene rings is 2. The molecule has 0 saturated heterocycles. The van der Waals surface area contributed by atoms with E-state index in [-0.39, 0.29) is 0 Å². The maximum Gasteiger partial charge on any atom is 0.133 e. The van der Waals surface area contributed by atoms with Gasteiger partial charge in [0.15, 0.2) is 0 Å². The lowest BCUT2D eigenvalue weighted by atomic mass is 10.0. The van der Waals surface area contributed by atoms with E-state index in [0.717, 1.165) is 41.5 Å². The lowest BCUT2D eigenvalue weighted by molar-refractivity contribution is 0.0968. The highest BCUT2D eigenvalue weighted by molar-refractivity contribution is 5.89. The van der Waals surface area contributed by atoms with E-state index >= 15 is 0 Å². The van der Waals surface area contributed by atoms with E-state index in [0.29, 0.717) is 13.2 Å². The Kier molecular flexibility index (Phi) is 6.03. The monoisotopic (exact) mass is 288 g/mol. The van der Waals surface area contributed by atoms with Gasteiger partial charge in [0.1, 0.15) is 12.4 Å². The zero-order chi connectivity index (χ0) is 15.1. The smallest absolute Gasteiger partial charge is 0.133 e. The van der Waals surface area contributed by atoms with E-state index in [2.05, 4.69) is 6.92 Å². The Bertz CT molecular complexity index is 563. The van der Waals surface area contributed by atoms with Crippen LogP contribution in [-0.4, -0.2) is 24.9 Å². The molecule has 1 N–H and O–H groups in total. The summed E-state index contributed by atoms with van der Waals surface area (Å²) in [5.41, 5.74) is 0.822. The third-order valence-electron chi connectivity index (χ3n) is 3.48. The van der Waals surface area contributed by atoms with Crippen LogP contribution in [-0.2, 0) is 4.74 Å². The Morgan fingerprint density at radius 2 is 1.86 bits per heavy atom. The minimum atomic E-state index is -0.550. The van der Waals surface area contributed by atoms with Crippen LogP contribution >= 0.6 is 0 Å². The fourth-order valence-electron chi connectivity index (χ4n) is 2.30. The number of aliphatic hydroxyl groups is 1. The Labute approximate surface area is 126 Å². The van der Waals surface area contributed by atoms with E-state index in [4.69, 9.17) is 9.47 Å². The molecule has 2 aromatic rings. The van der Waals surface area contributed by atoms with Crippen molar-refractivity contribution >= 4 is 10.8 Å². The largest absolute Gasteiger partial charge is 0.490 e. The number of fused-ring (bicyclic) bond motifs is 1. The van der Waals surface area contributed by atoms with E-state index < -0.39 is 6.10 Å². The Balaban J connectivity index is 2.10. The van der Waals surface area contributed by atoms with Crippen molar-refractivity contribution in [3.8, 4) is 5.75 Å². The summed E-state index contributed by atoms with van der Waals surface area (Å²) in [6, 6.07) is 12.0. The minimum absolute atomic E-state index is 0.497. The van der Waals surface area contributed by atoms with Gasteiger partial charge in [-0.2, -0.15) is 0 Å². The SMILES string of the molecule is CCCCOCCOc1c([C@@H](C)O)ccc2ccccc12. The number of ether oxygens (including phenoxy) is 2. The van der Waals surface area contributed by atoms with Crippen LogP contribution in [0.4, 0.5) is 0 Å². The van der Waals surface area contributed by atoms with Gasteiger partial charge < -0.3 is 14.6 Å². The van der Waals surface area contributed by atoms with E-state index in [1.807, 2.05) is 36.4 Å². The van der Waals surface area contributed by atoms with Crippen LogP contribution in [0.5, 0.6) is 5.75 Å². The molecule has 2 aromatic carbocycles. The lowest BCUT2D eigenvalue weighted by Crippen LogP contribution is -2.09. The van der Waals surface area contributed by atoms with Gasteiger partial charge >= 0.3 is 0 Å². The molecule has 0 aliphatic rings. The average Bonchev–Trinajstić information content (AvgIpc) is 2.50. The summed E-state index contributed by atoms with van der Waals surface area (Å²) in [6.45, 7) is 5.75. The third kappa shape index (κ3) is 4.19. The first-order valence-electron chi connectivity index (χ1n) is 7.64. The molecule has 3 heteroatoms. The number of hydrogen-bond acceptors (Lipinski definition) is 3. The van der Waals surface area contributed by atoms with Crippen LogP contribution in [0.25, 0.3) is 10.8 Å². The quantitative estimate of drug-likeness (QED) is 0.744. The maximum atomic E-state index is 9.93. The number of hydrogen-bond donors (Lipinski definition) is 1. The molecule has 0 aliphatic carbocycles. The zero-order valence-corrected chi connectivity index (χ0v) is 12.8. The molecule has 0 aromatic heterocycles. The third-order valence-corrected chi connectivity index (χ3v) is 3.48. The molecule has 0 bridgehead atoms. The predicted molar refractivity (Wildman–Crippen MR) is 85.8 cm³/mol. The van der Waals surface area contributed by atoms with Crippen molar-refractivity contribution in [1.82, 2.24) is 0 Å². The molecule has 1 atom stereocenters. The summed E-state index contributed by atoms with van der Waals surface area (Å²) in [4.78, 5) is 0. The first-order valence-corrected chi connectivity index (χ1v) is 7.64. The summed E-state index contributed by atoms with van der Waals surface area (Å²) >= 11 is 0. The molecule has 0 heterocycles. The van der Waals surface area contributed by atoms with Gasteiger partial charge in [0.25, 0.3) is 0 Å². The average molecular weight is 288 g/mol. The molecule has 0 aliphatic heterocycles. The Hall–Kier alpha value is -1.58. The van der Waals surface area contributed by atoms with Crippen LogP contribution in [0.3, 0.4) is 0 Å². The summed E-state index contributed by atoms with van der Waals surface area (Å²) in [6.07, 6.45) is 1.66. The highest BCUT2D eigenvalue weighted by Gasteiger charge is 2.12. The minimum Gasteiger partial charge on any atom is -0.490 e. The van der Waals surface area contributed by atoms with Crippen molar-refractivity contribution in [2.45, 2.75) is 32.8 Å². The second-order valence-electron chi connectivity index (χ2n) is 5.20. The molecular weight excluding hydrogens is 264 g/mol. The molecule has 0 fully saturated rings. The maximum absolute atomic E-state index is 9.93. The summed E-state index contributed by atoms with van der Waals surface area (Å²) < 4.78 is 11.4. The second-order valence-corrected chi connectivity index (χ2v) is 5.20. The molecule has 0 unspecified atom stereocenters. The second kappa shape index (κ2) is 8.01. The van der Waals surface area contributed by atoms with Crippen LogP contribution in [0, 0.1) is 0 Å². The summed E-state index contributed by atoms with van der Waals surface area (Å²) in [7, 11) is 0. The van der Waals surface area contributed by atoms with Crippen LogP contribution in [0.2, 0.25) is 0 Å². The highest BCUT2D eigenvalue weighted by atomic mass is 16.5. The molecule has 114 valence electrons. The van der Waals surface area contributed by atoms with Crippen LogP contribution in [0.15, 0.2) is 36.4 Å². The van der Waals surface area contributed by atoms with E-state index in [1.54, 1.807) is 6.92 Å². The van der Waals surface area contributed by atoms with E-state index in [9.17, 15) is 5.11 Å². The van der Waals surface area contributed by atoms with Gasteiger partial charge in [-0.25, -0.2) is 0 Å². The van der Waals surface area contributed by atoms with Gasteiger partial charge in [-0.3, -0.25) is 0 Å². The standard InChI is InChI=1S/C18H24O3/c1-3-4-11-20-12-13-21-18-16(14(2)19)10-9-15-7-5-6-8-17(15)18/h5-10,14,19H,3-4,11-13H2,1-2H3/t14-/m1/s1. The van der Waals surface area contributed by atoms with Crippen molar-refractivity contribution in [3.05, 3.63) is 42.0 Å². The van der Waals surface area contributed by atoms with Crippen molar-refractivity contribution in [2.24, 2.45) is 0 Å². The molecule has 21 heavy (non-hydrogen) atoms. The van der Waals surface area contributed by atoms with Crippen LogP contribution < -0.4 is 4.74 Å². The topological polar surface area (TPSA) is 38.7 Å². The number of rotatable bonds is 8. The summed E-state index contributed by atoms with van der Waals surface area (Å²) in [5.74, 6) is 0.766. The van der Waals surface area contributed by atoms with Gasteiger partial charge in [-0.15, -0.1) is 0 Å². The normalized spacial score (nSPS) is 12.5. The molecule has 3 nitrogen and oxygen atoms in total. The highest BCUT2D eigenvalue weighted by Crippen LogP contribution is 2.33. The molecule has 0 radical (unpaired) electrons. The molecule has 0 saturated carbocycles. The summed E-state index contributed by atoms with van der Waals surface area (Å²) in [5, 5.41) is 12.1. The first-order chi connectivity index (χ1) is 10.2. The van der Waals surface area contributed by atoms with Gasteiger partial charge in [-0.05, 0) is 18.7 Å². The zero-order valence-electron chi connectivity index (χ0n) is 12.8. The van der Waals surface area contributed by atoms with Crippen molar-refractivity contribution < 1.29 is 14.6 Å². The van der Waals surface area contributed by atoms with Gasteiger partial charge in [0.2, 0.25) is 0 Å². The number of unbranched alkanes of at least 4 members (excludes halogenated alkanes) is 1. The lowest BCUT2D eigenvalue weighted by Gasteiger charge is -2.16. The predicted octanol–water partition coefficient (Wildman–Crippen LogP) is 4.09. The molecule has 0 spiro atoms. The van der Waals surface area contributed by atoms with Gasteiger partial charge in [-0.1, -0.05) is 49.7 Å². The van der Waals surface area contributed by atoms with E-state index in [1.165, 1.54) is 0 Å². The van der Waals surface area contributed by atoms with Gasteiger partial charge in [0.05, 0.1) is 12.7 Å². The van der Waals surface area contributed by atoms with Gasteiger partial charge in [0, 0.05) is 17.6 Å². The molecule has 0 amide bonds. The fraction of sp³-hybridized carbons (Fsp3) is 0.444. The van der Waals surface area contributed by atoms with Crippen molar-refractivity contribution in [1.29, 1.82) is 0 Å². The fourth-order valence-corrected chi connectivity index (χ4v) is 2.30. The molecular formula is C18H24O3. The number of aliphatic hydroxyl groups excluding tert-OH is 1. The van der Waals surface area contributed by atoms with Crippen LogP contribution in [0.1, 0.15) is 38.4 Å².